The van der Waals surface area contributed by atoms with Gasteiger partial charge in [-0.15, -0.1) is 11.3 Å². The van der Waals surface area contributed by atoms with Crippen LogP contribution in [0.4, 0.5) is 5.95 Å². The summed E-state index contributed by atoms with van der Waals surface area (Å²) in [6.45, 7) is 0. The summed E-state index contributed by atoms with van der Waals surface area (Å²) in [7, 11) is 1.65. The third-order valence-electron chi connectivity index (χ3n) is 4.47. The first-order chi connectivity index (χ1) is 12.6. The smallest absolute Gasteiger partial charge is 0.263 e. The topological polar surface area (TPSA) is 76.0 Å². The summed E-state index contributed by atoms with van der Waals surface area (Å²) in [4.78, 5) is 31.2. The van der Waals surface area contributed by atoms with E-state index in [1.54, 1.807) is 24.5 Å². The van der Waals surface area contributed by atoms with Crippen LogP contribution in [0.2, 0.25) is 0 Å². The number of hydrogen-bond donors (Lipinski definition) is 2. The summed E-state index contributed by atoms with van der Waals surface area (Å²) in [6, 6.07) is 9.55. The van der Waals surface area contributed by atoms with E-state index in [4.69, 9.17) is 0 Å². The largest absolute Gasteiger partial charge is 0.280 e. The van der Waals surface area contributed by atoms with Crippen molar-refractivity contribution in [2.45, 2.75) is 19.3 Å². The molecule has 0 bridgehead atoms. The van der Waals surface area contributed by atoms with Gasteiger partial charge in [0.1, 0.15) is 4.83 Å². The average molecular weight is 366 g/mol. The molecular weight excluding hydrogens is 348 g/mol. The minimum Gasteiger partial charge on any atom is -0.280 e. The van der Waals surface area contributed by atoms with E-state index in [1.807, 2.05) is 30.3 Å². The second-order valence-electron chi connectivity index (χ2n) is 6.20. The molecule has 3 aromatic rings. The number of hydrazine groups is 1. The predicted molar refractivity (Wildman–Crippen MR) is 104 cm³/mol. The van der Waals surface area contributed by atoms with E-state index in [0.29, 0.717) is 5.95 Å². The maximum absolute atomic E-state index is 12.7. The zero-order chi connectivity index (χ0) is 18.1. The highest BCUT2D eigenvalue weighted by Gasteiger charge is 2.22. The van der Waals surface area contributed by atoms with Crippen LogP contribution < -0.4 is 16.4 Å². The minimum absolute atomic E-state index is 0.0778. The number of anilines is 1. The second kappa shape index (κ2) is 6.76. The number of benzene rings is 1. The molecule has 0 radical (unpaired) electrons. The van der Waals surface area contributed by atoms with E-state index in [9.17, 15) is 9.59 Å². The zero-order valence-corrected chi connectivity index (χ0v) is 15.1. The Morgan fingerprint density at radius 2 is 2.08 bits per heavy atom. The Bertz CT molecular complexity index is 1070. The van der Waals surface area contributed by atoms with Crippen molar-refractivity contribution in [3.05, 3.63) is 62.8 Å². The van der Waals surface area contributed by atoms with Gasteiger partial charge in [0.2, 0.25) is 5.95 Å². The fourth-order valence-electron chi connectivity index (χ4n) is 3.13. The number of nitrogens with zero attached hydrogens (tertiary/aromatic N) is 2. The molecule has 2 N–H and O–H groups in total. The summed E-state index contributed by atoms with van der Waals surface area (Å²) >= 11 is 1.57. The molecule has 2 aromatic heterocycles. The second-order valence-corrected chi connectivity index (χ2v) is 7.28. The molecule has 7 heteroatoms. The van der Waals surface area contributed by atoms with Crippen molar-refractivity contribution in [1.29, 1.82) is 0 Å². The normalized spacial score (nSPS) is 13.3. The van der Waals surface area contributed by atoms with E-state index in [-0.39, 0.29) is 11.5 Å². The predicted octanol–water partition coefficient (Wildman–Crippen LogP) is 2.64. The molecule has 26 heavy (non-hydrogen) atoms. The van der Waals surface area contributed by atoms with Gasteiger partial charge in [0.15, 0.2) is 0 Å². The van der Waals surface area contributed by atoms with Crippen LogP contribution in [0, 0.1) is 0 Å². The molecule has 0 fully saturated rings. The summed E-state index contributed by atoms with van der Waals surface area (Å²) in [5.41, 5.74) is 7.32. The number of thiophene rings is 1. The van der Waals surface area contributed by atoms with Gasteiger partial charge >= 0.3 is 0 Å². The van der Waals surface area contributed by atoms with Crippen molar-refractivity contribution in [2.24, 2.45) is 7.05 Å². The standard InChI is InChI=1S/C19H18N4O2S/c1-23-18(25)16-13-8-5-9-14(13)26-17(16)20-19(23)22-21-15(24)11-10-12-6-3-2-4-7-12/h2-4,6-7,10-11H,5,8-9H2,1H3,(H,20,22)(H,21,24)/b11-10+. The lowest BCUT2D eigenvalue weighted by Gasteiger charge is -2.10. The molecule has 0 unspecified atom stereocenters. The maximum Gasteiger partial charge on any atom is 0.263 e. The molecule has 0 aliphatic heterocycles. The summed E-state index contributed by atoms with van der Waals surface area (Å²) in [6.07, 6.45) is 6.21. The van der Waals surface area contributed by atoms with Crippen molar-refractivity contribution < 1.29 is 4.79 Å². The van der Waals surface area contributed by atoms with Gasteiger partial charge in [-0.1, -0.05) is 30.3 Å². The fourth-order valence-corrected chi connectivity index (χ4v) is 4.38. The van der Waals surface area contributed by atoms with E-state index in [0.717, 1.165) is 40.6 Å². The quantitative estimate of drug-likeness (QED) is 0.550. The molecule has 0 atom stereocenters. The first-order valence-corrected chi connectivity index (χ1v) is 9.25. The fraction of sp³-hybridized carbons (Fsp3) is 0.211. The van der Waals surface area contributed by atoms with Gasteiger partial charge in [0.25, 0.3) is 11.5 Å². The van der Waals surface area contributed by atoms with Crippen LogP contribution >= 0.6 is 11.3 Å². The highest BCUT2D eigenvalue weighted by Crippen LogP contribution is 2.34. The third kappa shape index (κ3) is 3.01. The summed E-state index contributed by atoms with van der Waals surface area (Å²) < 4.78 is 1.44. The van der Waals surface area contributed by atoms with Crippen molar-refractivity contribution in [3.8, 4) is 0 Å². The molecule has 1 aliphatic rings. The van der Waals surface area contributed by atoms with Gasteiger partial charge in [-0.3, -0.25) is 25.0 Å². The van der Waals surface area contributed by atoms with Crippen molar-refractivity contribution in [2.75, 3.05) is 5.43 Å². The molecular formula is C19H18N4O2S. The Kier molecular flexibility index (Phi) is 4.30. The Balaban J connectivity index is 1.52. The average Bonchev–Trinajstić information content (AvgIpc) is 3.23. The molecule has 0 saturated carbocycles. The number of aryl methyl sites for hydroxylation is 2. The number of amides is 1. The van der Waals surface area contributed by atoms with Crippen molar-refractivity contribution in [3.63, 3.8) is 0 Å². The van der Waals surface area contributed by atoms with Crippen LogP contribution in [0.15, 0.2) is 41.2 Å². The van der Waals surface area contributed by atoms with Gasteiger partial charge in [-0.25, -0.2) is 4.98 Å². The first-order valence-electron chi connectivity index (χ1n) is 8.44. The minimum atomic E-state index is -0.322. The monoisotopic (exact) mass is 366 g/mol. The highest BCUT2D eigenvalue weighted by molar-refractivity contribution is 7.18. The molecule has 1 aliphatic carbocycles. The number of nitrogens with one attached hydrogen (secondary N) is 2. The number of fused-ring (bicyclic) bond motifs is 3. The van der Waals surface area contributed by atoms with Crippen molar-refractivity contribution in [1.82, 2.24) is 15.0 Å². The Labute approximate surface area is 154 Å². The lowest BCUT2D eigenvalue weighted by atomic mass is 10.2. The SMILES string of the molecule is Cn1c(NNC(=O)/C=C/c2ccccc2)nc2sc3c(c2c1=O)CCC3. The Morgan fingerprint density at radius 3 is 2.88 bits per heavy atom. The lowest BCUT2D eigenvalue weighted by Crippen LogP contribution is -2.32. The number of hydrogen-bond acceptors (Lipinski definition) is 5. The van der Waals surface area contributed by atoms with E-state index in [2.05, 4.69) is 15.8 Å². The van der Waals surface area contributed by atoms with Crippen LogP contribution in [0.5, 0.6) is 0 Å². The van der Waals surface area contributed by atoms with Crippen LogP contribution in [0.1, 0.15) is 22.4 Å². The van der Waals surface area contributed by atoms with Crippen molar-refractivity contribution >= 4 is 39.5 Å². The molecule has 1 amide bonds. The number of rotatable bonds is 4. The van der Waals surface area contributed by atoms with Gasteiger partial charge in [0, 0.05) is 18.0 Å². The highest BCUT2D eigenvalue weighted by atomic mass is 32.1. The van der Waals surface area contributed by atoms with E-state index >= 15 is 0 Å². The first kappa shape index (κ1) is 16.5. The summed E-state index contributed by atoms with van der Waals surface area (Å²) in [5, 5.41) is 0.728. The van der Waals surface area contributed by atoms with Crippen LogP contribution in [0.25, 0.3) is 16.3 Å². The number of carbonyl (C=O) groups is 1. The Morgan fingerprint density at radius 1 is 1.27 bits per heavy atom. The number of aromatic nitrogens is 2. The van der Waals surface area contributed by atoms with Gasteiger partial charge in [-0.05, 0) is 36.5 Å². The maximum atomic E-state index is 12.7. The van der Waals surface area contributed by atoms with Crippen LogP contribution in [0.3, 0.4) is 0 Å². The molecule has 0 spiro atoms. The molecule has 4 rings (SSSR count). The van der Waals surface area contributed by atoms with Crippen LogP contribution in [-0.2, 0) is 24.7 Å². The Hall–Kier alpha value is -2.93. The van der Waals surface area contributed by atoms with Gasteiger partial charge in [0.05, 0.1) is 5.39 Å². The zero-order valence-electron chi connectivity index (χ0n) is 14.3. The molecule has 1 aromatic carbocycles. The summed E-state index contributed by atoms with van der Waals surface area (Å²) in [5.74, 6) is 0.000701. The molecule has 132 valence electrons. The van der Waals surface area contributed by atoms with Gasteiger partial charge < -0.3 is 0 Å². The lowest BCUT2D eigenvalue weighted by molar-refractivity contribution is -0.116. The van der Waals surface area contributed by atoms with E-state index < -0.39 is 0 Å². The van der Waals surface area contributed by atoms with Gasteiger partial charge in [-0.2, -0.15) is 0 Å². The number of carbonyl (C=O) groups excluding carboxylic acids is 1. The van der Waals surface area contributed by atoms with Crippen LogP contribution in [-0.4, -0.2) is 15.5 Å². The molecule has 2 heterocycles. The van der Waals surface area contributed by atoms with E-state index in [1.165, 1.54) is 15.5 Å². The molecule has 6 nitrogen and oxygen atoms in total. The molecule has 0 saturated heterocycles. The third-order valence-corrected chi connectivity index (χ3v) is 5.66.